The molecule has 1 N–H and O–H groups in total. The predicted molar refractivity (Wildman–Crippen MR) is 84.6 cm³/mol. The number of nitrogens with one attached hydrogen (secondary N) is 1. The quantitative estimate of drug-likeness (QED) is 0.524. The minimum Gasteiger partial charge on any atom is -0.284 e. The number of allylic oxidation sites excluding steroid dienone is 1. The largest absolute Gasteiger partial charge is 0.284 e. The standard InChI is InChI=1S/C14H16ClN3O2S/c1-14(2,3)21(19,20)12(8-16)10-18-17-9-11-6-4-5-7-13(11)15/h4-7,9-10,18H,1-3H3/b12-10-,17-9-. The minimum absolute atomic E-state index is 0.369. The molecule has 0 atom stereocenters. The Kier molecular flexibility index (Phi) is 5.53. The molecule has 1 rings (SSSR count). The molecule has 0 aliphatic carbocycles. The third-order valence-electron chi connectivity index (χ3n) is 2.58. The van der Waals surface area contributed by atoms with Crippen LogP contribution in [-0.2, 0) is 9.84 Å². The normalized spacial score (nSPS) is 13.2. The zero-order chi connectivity index (χ0) is 16.1. The van der Waals surface area contributed by atoms with Crippen LogP contribution in [0.4, 0.5) is 0 Å². The van der Waals surface area contributed by atoms with Crippen LogP contribution in [0, 0.1) is 11.3 Å². The molecule has 0 unspecified atom stereocenters. The van der Waals surface area contributed by atoms with Crippen molar-refractivity contribution in [3.05, 3.63) is 46.0 Å². The van der Waals surface area contributed by atoms with Crippen LogP contribution in [0.15, 0.2) is 40.5 Å². The smallest absolute Gasteiger partial charge is 0.194 e. The maximum absolute atomic E-state index is 12.1. The summed E-state index contributed by atoms with van der Waals surface area (Å²) in [7, 11) is -3.70. The van der Waals surface area contributed by atoms with Crippen molar-refractivity contribution in [1.82, 2.24) is 5.43 Å². The summed E-state index contributed by atoms with van der Waals surface area (Å²) in [6.45, 7) is 4.58. The van der Waals surface area contributed by atoms with E-state index in [2.05, 4.69) is 10.5 Å². The first kappa shape index (κ1) is 17.2. The highest BCUT2D eigenvalue weighted by Gasteiger charge is 2.33. The Bertz CT molecular complexity index is 710. The molecule has 0 bridgehead atoms. The Morgan fingerprint density at radius 2 is 2.00 bits per heavy atom. The van der Waals surface area contributed by atoms with Gasteiger partial charge in [0.15, 0.2) is 14.7 Å². The lowest BCUT2D eigenvalue weighted by Gasteiger charge is -2.17. The van der Waals surface area contributed by atoms with Gasteiger partial charge in [-0.3, -0.25) is 5.43 Å². The van der Waals surface area contributed by atoms with E-state index in [1.807, 2.05) is 0 Å². The highest BCUT2D eigenvalue weighted by Crippen LogP contribution is 2.22. The Morgan fingerprint density at radius 1 is 1.38 bits per heavy atom. The van der Waals surface area contributed by atoms with Gasteiger partial charge >= 0.3 is 0 Å². The van der Waals surface area contributed by atoms with Crippen molar-refractivity contribution in [3.8, 4) is 6.07 Å². The lowest BCUT2D eigenvalue weighted by atomic mass is 10.2. The summed E-state index contributed by atoms with van der Waals surface area (Å²) in [5.41, 5.74) is 3.12. The van der Waals surface area contributed by atoms with Crippen LogP contribution in [0.25, 0.3) is 0 Å². The summed E-state index contributed by atoms with van der Waals surface area (Å²) in [5.74, 6) is 0. The zero-order valence-corrected chi connectivity index (χ0v) is 13.5. The molecule has 0 radical (unpaired) electrons. The van der Waals surface area contributed by atoms with E-state index in [9.17, 15) is 8.42 Å². The zero-order valence-electron chi connectivity index (χ0n) is 12.0. The highest BCUT2D eigenvalue weighted by atomic mass is 35.5. The molecule has 7 heteroatoms. The first-order valence-electron chi connectivity index (χ1n) is 6.08. The molecule has 0 heterocycles. The number of nitriles is 1. The van der Waals surface area contributed by atoms with Crippen LogP contribution in [0.3, 0.4) is 0 Å². The summed E-state index contributed by atoms with van der Waals surface area (Å²) < 4.78 is 23.1. The average Bonchev–Trinajstić information content (AvgIpc) is 2.39. The van der Waals surface area contributed by atoms with E-state index < -0.39 is 14.6 Å². The van der Waals surface area contributed by atoms with Crippen molar-refractivity contribution in [1.29, 1.82) is 5.26 Å². The Balaban J connectivity index is 2.90. The van der Waals surface area contributed by atoms with Gasteiger partial charge in [0, 0.05) is 16.8 Å². The summed E-state index contributed by atoms with van der Waals surface area (Å²) in [4.78, 5) is -0.369. The van der Waals surface area contributed by atoms with Gasteiger partial charge in [-0.25, -0.2) is 8.42 Å². The molecule has 0 fully saturated rings. The SMILES string of the molecule is CC(C)(C)S(=O)(=O)/C(C#N)=C\N/N=C\c1ccccc1Cl. The van der Waals surface area contributed by atoms with Gasteiger partial charge in [-0.15, -0.1) is 0 Å². The number of nitrogens with zero attached hydrogens (tertiary/aromatic N) is 2. The predicted octanol–water partition coefficient (Wildman–Crippen LogP) is 2.84. The molecular weight excluding hydrogens is 310 g/mol. The fourth-order valence-corrected chi connectivity index (χ4v) is 2.45. The second kappa shape index (κ2) is 6.74. The molecule has 1 aromatic rings. The van der Waals surface area contributed by atoms with E-state index in [-0.39, 0.29) is 4.91 Å². The summed E-state index contributed by atoms with van der Waals surface area (Å²) in [6, 6.07) is 8.73. The lowest BCUT2D eigenvalue weighted by molar-refractivity contribution is 0.568. The summed E-state index contributed by atoms with van der Waals surface area (Å²) in [5, 5.41) is 13.3. The first-order chi connectivity index (χ1) is 9.70. The van der Waals surface area contributed by atoms with Gasteiger partial charge in [0.05, 0.1) is 11.0 Å². The maximum atomic E-state index is 12.1. The molecule has 0 aliphatic rings. The monoisotopic (exact) mass is 325 g/mol. The molecule has 5 nitrogen and oxygen atoms in total. The Labute approximate surface area is 129 Å². The van der Waals surface area contributed by atoms with Gasteiger partial charge in [-0.1, -0.05) is 29.8 Å². The average molecular weight is 326 g/mol. The third kappa shape index (κ3) is 4.31. The number of sulfone groups is 1. The van der Waals surface area contributed by atoms with Crippen LogP contribution < -0.4 is 5.43 Å². The van der Waals surface area contributed by atoms with E-state index in [1.54, 1.807) is 30.3 Å². The van der Waals surface area contributed by atoms with E-state index in [1.165, 1.54) is 27.0 Å². The Hall–Kier alpha value is -1.84. The van der Waals surface area contributed by atoms with Gasteiger partial charge in [0.25, 0.3) is 0 Å². The molecule has 0 saturated heterocycles. The van der Waals surface area contributed by atoms with Crippen molar-refractivity contribution in [3.63, 3.8) is 0 Å². The Morgan fingerprint density at radius 3 is 2.52 bits per heavy atom. The lowest BCUT2D eigenvalue weighted by Crippen LogP contribution is -2.29. The topological polar surface area (TPSA) is 82.3 Å². The molecule has 0 amide bonds. The first-order valence-corrected chi connectivity index (χ1v) is 7.94. The van der Waals surface area contributed by atoms with Crippen LogP contribution in [0.5, 0.6) is 0 Å². The van der Waals surface area contributed by atoms with Gasteiger partial charge in [-0.05, 0) is 26.8 Å². The van der Waals surface area contributed by atoms with Crippen LogP contribution in [-0.4, -0.2) is 19.4 Å². The summed E-state index contributed by atoms with van der Waals surface area (Å²) in [6.07, 6.45) is 2.51. The maximum Gasteiger partial charge on any atom is 0.194 e. The number of halogens is 1. The molecule has 0 aliphatic heterocycles. The van der Waals surface area contributed by atoms with Crippen LogP contribution in [0.1, 0.15) is 26.3 Å². The fraction of sp³-hybridized carbons (Fsp3) is 0.286. The van der Waals surface area contributed by atoms with E-state index >= 15 is 0 Å². The van der Waals surface area contributed by atoms with Crippen molar-refractivity contribution in [2.75, 3.05) is 0 Å². The van der Waals surface area contributed by atoms with Crippen LogP contribution >= 0.6 is 11.6 Å². The number of benzene rings is 1. The van der Waals surface area contributed by atoms with Crippen molar-refractivity contribution >= 4 is 27.7 Å². The third-order valence-corrected chi connectivity index (χ3v) is 5.33. The number of hydrogen-bond acceptors (Lipinski definition) is 5. The molecule has 112 valence electrons. The molecule has 0 saturated carbocycles. The number of rotatable bonds is 4. The molecular formula is C14H16ClN3O2S. The molecule has 0 spiro atoms. The van der Waals surface area contributed by atoms with Gasteiger partial charge in [0.1, 0.15) is 6.07 Å². The number of hydrazone groups is 1. The second-order valence-corrected chi connectivity index (χ2v) is 8.22. The van der Waals surface area contributed by atoms with Crippen LogP contribution in [0.2, 0.25) is 5.02 Å². The van der Waals surface area contributed by atoms with E-state index in [0.29, 0.717) is 10.6 Å². The van der Waals surface area contributed by atoms with Crippen molar-refractivity contribution in [2.24, 2.45) is 5.10 Å². The minimum atomic E-state index is -3.70. The van der Waals surface area contributed by atoms with Crippen molar-refractivity contribution < 1.29 is 8.42 Å². The highest BCUT2D eigenvalue weighted by molar-refractivity contribution is 7.96. The number of hydrogen-bond donors (Lipinski definition) is 1. The second-order valence-electron chi connectivity index (χ2n) is 5.15. The van der Waals surface area contributed by atoms with Gasteiger partial charge < -0.3 is 0 Å². The molecule has 1 aromatic carbocycles. The van der Waals surface area contributed by atoms with E-state index in [0.717, 1.165) is 6.20 Å². The summed E-state index contributed by atoms with van der Waals surface area (Å²) >= 11 is 5.94. The fourth-order valence-electron chi connectivity index (χ4n) is 1.28. The molecule has 21 heavy (non-hydrogen) atoms. The van der Waals surface area contributed by atoms with Gasteiger partial charge in [0.2, 0.25) is 0 Å². The molecule has 0 aromatic heterocycles. The van der Waals surface area contributed by atoms with Crippen molar-refractivity contribution in [2.45, 2.75) is 25.5 Å². The van der Waals surface area contributed by atoms with E-state index in [4.69, 9.17) is 16.9 Å². The van der Waals surface area contributed by atoms with Gasteiger partial charge in [-0.2, -0.15) is 10.4 Å².